The Hall–Kier alpha value is -2.78. The molecule has 0 bridgehead atoms. The van der Waals surface area contributed by atoms with Gasteiger partial charge in [0.15, 0.2) is 21.5 Å². The van der Waals surface area contributed by atoms with Gasteiger partial charge in [-0.15, -0.1) is 5.10 Å². The van der Waals surface area contributed by atoms with Gasteiger partial charge in [-0.25, -0.2) is 13.1 Å². The van der Waals surface area contributed by atoms with Crippen LogP contribution >= 0.6 is 0 Å². The first-order valence-electron chi connectivity index (χ1n) is 11.6. The predicted octanol–water partition coefficient (Wildman–Crippen LogP) is 3.47. The van der Waals surface area contributed by atoms with Crippen molar-refractivity contribution in [1.82, 2.24) is 25.1 Å². The minimum Gasteiger partial charge on any atom is -0.369 e. The first-order chi connectivity index (χ1) is 16.0. The van der Waals surface area contributed by atoms with Crippen LogP contribution in [0.15, 0.2) is 59.5 Å². The van der Waals surface area contributed by atoms with Crippen LogP contribution in [0.2, 0.25) is 0 Å². The molecule has 0 spiro atoms. The van der Waals surface area contributed by atoms with E-state index < -0.39 is 9.84 Å². The molecule has 4 rings (SSSR count). The summed E-state index contributed by atoms with van der Waals surface area (Å²) in [7, 11) is -3.56. The van der Waals surface area contributed by atoms with Gasteiger partial charge in [-0.3, -0.25) is 4.90 Å². The molecule has 1 aromatic heterocycles. The number of unbranched alkanes of at least 4 members (excludes halogenated alkanes) is 1. The smallest absolute Gasteiger partial charge is 0.198 e. The van der Waals surface area contributed by atoms with Gasteiger partial charge >= 0.3 is 0 Å². The summed E-state index contributed by atoms with van der Waals surface area (Å²) in [6.45, 7) is 7.67. The highest BCUT2D eigenvalue weighted by molar-refractivity contribution is 7.90. The molecular formula is C24H32N6O2S. The van der Waals surface area contributed by atoms with Crippen LogP contribution in [-0.2, 0) is 15.7 Å². The zero-order chi connectivity index (χ0) is 23.3. The highest BCUT2D eigenvalue weighted by Crippen LogP contribution is 2.28. The van der Waals surface area contributed by atoms with Crippen molar-refractivity contribution in [2.24, 2.45) is 0 Å². The molecule has 8 nitrogen and oxygen atoms in total. The number of aryl methyl sites for hydroxylation is 1. The number of hydrogen-bond acceptors (Lipinski definition) is 7. The summed E-state index contributed by atoms with van der Waals surface area (Å²) in [5.41, 5.74) is 2.25. The number of anilines is 1. The van der Waals surface area contributed by atoms with Crippen molar-refractivity contribution in [3.63, 3.8) is 0 Å². The largest absolute Gasteiger partial charge is 0.369 e. The van der Waals surface area contributed by atoms with Crippen molar-refractivity contribution in [2.75, 3.05) is 31.1 Å². The minimum atomic E-state index is -3.56. The normalized spacial score (nSPS) is 16.1. The van der Waals surface area contributed by atoms with Gasteiger partial charge in [0.25, 0.3) is 0 Å². The summed E-state index contributed by atoms with van der Waals surface area (Å²) in [5, 5.41) is 12.2. The molecule has 1 saturated heterocycles. The van der Waals surface area contributed by atoms with E-state index in [2.05, 4.69) is 56.5 Å². The number of rotatable bonds is 9. The Balaban J connectivity index is 1.52. The average Bonchev–Trinajstić information content (AvgIpc) is 3.27. The average molecular weight is 469 g/mol. The third-order valence-electron chi connectivity index (χ3n) is 6.24. The Morgan fingerprint density at radius 3 is 2.33 bits per heavy atom. The third-order valence-corrected chi connectivity index (χ3v) is 7.81. The molecule has 1 atom stereocenters. The standard InChI is InChI=1S/C24H32N6O2S/c1-3-4-10-23(29-17-15-28(16-18-29)21-8-6-5-7-9-21)24-25-26-27-30(24)19-33(31,32)22-13-11-20(2)12-14-22/h5-9,11-14,23H,3-4,10,15-19H2,1-2H3/t23-/m0/s1. The molecule has 0 aliphatic carbocycles. The van der Waals surface area contributed by atoms with E-state index in [1.54, 1.807) is 12.1 Å². The molecule has 1 aliphatic heterocycles. The summed E-state index contributed by atoms with van der Waals surface area (Å²) < 4.78 is 27.5. The molecule has 33 heavy (non-hydrogen) atoms. The van der Waals surface area contributed by atoms with Crippen LogP contribution in [0.4, 0.5) is 5.69 Å². The summed E-state index contributed by atoms with van der Waals surface area (Å²) in [6.07, 6.45) is 2.98. The van der Waals surface area contributed by atoms with Gasteiger partial charge in [-0.05, 0) is 48.0 Å². The number of piperazine rings is 1. The quantitative estimate of drug-likeness (QED) is 0.475. The first kappa shape index (κ1) is 23.4. The molecular weight excluding hydrogens is 436 g/mol. The van der Waals surface area contributed by atoms with E-state index in [0.717, 1.165) is 51.0 Å². The molecule has 0 amide bonds. The zero-order valence-corrected chi connectivity index (χ0v) is 20.2. The number of sulfone groups is 1. The van der Waals surface area contributed by atoms with Gasteiger partial charge in [-0.2, -0.15) is 0 Å². The van der Waals surface area contributed by atoms with Gasteiger partial charge in [0.2, 0.25) is 0 Å². The van der Waals surface area contributed by atoms with Crippen molar-refractivity contribution < 1.29 is 8.42 Å². The van der Waals surface area contributed by atoms with E-state index >= 15 is 0 Å². The van der Waals surface area contributed by atoms with Crippen molar-refractivity contribution in [2.45, 2.75) is 49.9 Å². The molecule has 2 aromatic carbocycles. The molecule has 0 N–H and O–H groups in total. The molecule has 0 saturated carbocycles. The predicted molar refractivity (Wildman–Crippen MR) is 129 cm³/mol. The van der Waals surface area contributed by atoms with Crippen LogP contribution in [0.25, 0.3) is 0 Å². The molecule has 2 heterocycles. The van der Waals surface area contributed by atoms with E-state index in [0.29, 0.717) is 5.82 Å². The van der Waals surface area contributed by atoms with Crippen LogP contribution in [-0.4, -0.2) is 59.7 Å². The maximum Gasteiger partial charge on any atom is 0.198 e. The number of hydrogen-bond donors (Lipinski definition) is 0. The van der Waals surface area contributed by atoms with Gasteiger partial charge in [0, 0.05) is 31.9 Å². The Labute approximate surface area is 196 Å². The van der Waals surface area contributed by atoms with Crippen LogP contribution in [0, 0.1) is 6.92 Å². The second-order valence-electron chi connectivity index (χ2n) is 8.61. The second kappa shape index (κ2) is 10.4. The fraction of sp³-hybridized carbons (Fsp3) is 0.458. The highest BCUT2D eigenvalue weighted by Gasteiger charge is 2.30. The van der Waals surface area contributed by atoms with Crippen molar-refractivity contribution in [3.8, 4) is 0 Å². The Morgan fingerprint density at radius 1 is 0.970 bits per heavy atom. The van der Waals surface area contributed by atoms with E-state index in [9.17, 15) is 8.42 Å². The zero-order valence-electron chi connectivity index (χ0n) is 19.3. The lowest BCUT2D eigenvalue weighted by Crippen LogP contribution is -2.48. The van der Waals surface area contributed by atoms with Gasteiger partial charge < -0.3 is 4.90 Å². The number of benzene rings is 2. The van der Waals surface area contributed by atoms with Crippen molar-refractivity contribution >= 4 is 15.5 Å². The molecule has 1 fully saturated rings. The Morgan fingerprint density at radius 2 is 1.67 bits per heavy atom. The van der Waals surface area contributed by atoms with E-state index in [4.69, 9.17) is 0 Å². The number of para-hydroxylation sites is 1. The van der Waals surface area contributed by atoms with E-state index in [1.165, 1.54) is 10.4 Å². The van der Waals surface area contributed by atoms with Crippen molar-refractivity contribution in [1.29, 1.82) is 0 Å². The number of aromatic nitrogens is 4. The third kappa shape index (κ3) is 5.59. The monoisotopic (exact) mass is 468 g/mol. The second-order valence-corrected chi connectivity index (χ2v) is 10.6. The fourth-order valence-corrected chi connectivity index (χ4v) is 5.53. The van der Waals surface area contributed by atoms with Crippen LogP contribution in [0.5, 0.6) is 0 Å². The van der Waals surface area contributed by atoms with Crippen LogP contribution in [0.3, 0.4) is 0 Å². The Bertz CT molecular complexity index is 1120. The summed E-state index contributed by atoms with van der Waals surface area (Å²) in [5.74, 6) is 0.373. The van der Waals surface area contributed by atoms with E-state index in [-0.39, 0.29) is 16.8 Å². The lowest BCUT2D eigenvalue weighted by molar-refractivity contribution is 0.163. The van der Waals surface area contributed by atoms with Gasteiger partial charge in [0.05, 0.1) is 10.9 Å². The van der Waals surface area contributed by atoms with Crippen LogP contribution in [0.1, 0.15) is 43.6 Å². The number of tetrazole rings is 1. The van der Waals surface area contributed by atoms with Gasteiger partial charge in [0.1, 0.15) is 0 Å². The summed E-state index contributed by atoms with van der Waals surface area (Å²) in [6, 6.07) is 17.3. The maximum absolute atomic E-state index is 13.0. The van der Waals surface area contributed by atoms with Crippen LogP contribution < -0.4 is 4.90 Å². The SMILES string of the molecule is CCCC[C@@H](c1nnnn1CS(=O)(=O)c1ccc(C)cc1)N1CCN(c2ccccc2)CC1. The fourth-order valence-electron chi connectivity index (χ4n) is 4.33. The van der Waals surface area contributed by atoms with Gasteiger partial charge in [-0.1, -0.05) is 55.7 Å². The minimum absolute atomic E-state index is 0.00825. The molecule has 3 aromatic rings. The lowest BCUT2D eigenvalue weighted by atomic mass is 10.1. The molecule has 0 unspecified atom stereocenters. The molecule has 9 heteroatoms. The highest BCUT2D eigenvalue weighted by atomic mass is 32.2. The lowest BCUT2D eigenvalue weighted by Gasteiger charge is -2.39. The molecule has 1 aliphatic rings. The first-order valence-corrected chi connectivity index (χ1v) is 13.2. The summed E-state index contributed by atoms with van der Waals surface area (Å²) in [4.78, 5) is 5.07. The molecule has 0 radical (unpaired) electrons. The topological polar surface area (TPSA) is 84.2 Å². The van der Waals surface area contributed by atoms with E-state index in [1.807, 2.05) is 25.1 Å². The van der Waals surface area contributed by atoms with Crippen molar-refractivity contribution in [3.05, 3.63) is 66.0 Å². The molecule has 176 valence electrons. The summed E-state index contributed by atoms with van der Waals surface area (Å²) >= 11 is 0. The Kier molecular flexibility index (Phi) is 7.39. The maximum atomic E-state index is 13.0. The number of nitrogens with zero attached hydrogens (tertiary/aromatic N) is 6.